The van der Waals surface area contributed by atoms with Crippen molar-refractivity contribution in [2.24, 2.45) is 5.92 Å². The summed E-state index contributed by atoms with van der Waals surface area (Å²) in [6.07, 6.45) is 7.54. The molecule has 2 atom stereocenters. The summed E-state index contributed by atoms with van der Waals surface area (Å²) in [5, 5.41) is 0. The van der Waals surface area contributed by atoms with E-state index in [-0.39, 0.29) is 30.3 Å². The molecule has 1 saturated heterocycles. The van der Waals surface area contributed by atoms with Gasteiger partial charge in [0, 0.05) is 38.3 Å². The van der Waals surface area contributed by atoms with Gasteiger partial charge in [-0.2, -0.15) is 0 Å². The zero-order valence-corrected chi connectivity index (χ0v) is 21.5. The summed E-state index contributed by atoms with van der Waals surface area (Å²) in [5.41, 5.74) is 2.04. The molecule has 8 heteroatoms. The molecule has 0 spiro atoms. The molecule has 4 rings (SSSR count). The molecule has 36 heavy (non-hydrogen) atoms. The van der Waals surface area contributed by atoms with Crippen LogP contribution < -0.4 is 4.90 Å². The van der Waals surface area contributed by atoms with Crippen molar-refractivity contribution in [3.63, 3.8) is 0 Å². The standard InChI is InChI=1S/C28H35N3O5/c1-6-22(11-7-18(2)35-17-20-8-9-20)36-25-13-14-30(28(25)34)21-10-12-23-19(3)31(16-26(32)29(4)5)27(33)24(23)15-21/h6-7,10-12,15,19-20,25H,1,8-9,13-14,16-17H2,2-5H3/b18-7+,22-11+/t19?,25-/m1/s1. The fourth-order valence-corrected chi connectivity index (χ4v) is 4.38. The summed E-state index contributed by atoms with van der Waals surface area (Å²) < 4.78 is 11.7. The fourth-order valence-electron chi connectivity index (χ4n) is 4.38. The van der Waals surface area contributed by atoms with Crippen LogP contribution in [0.1, 0.15) is 55.1 Å². The third kappa shape index (κ3) is 5.48. The second-order valence-corrected chi connectivity index (χ2v) is 9.86. The number of anilines is 1. The number of allylic oxidation sites excluding steroid dienone is 4. The zero-order valence-electron chi connectivity index (χ0n) is 21.5. The minimum atomic E-state index is -0.632. The largest absolute Gasteiger partial charge is 0.498 e. The summed E-state index contributed by atoms with van der Waals surface area (Å²) in [4.78, 5) is 43.1. The van der Waals surface area contributed by atoms with E-state index < -0.39 is 6.10 Å². The number of nitrogens with zero attached hydrogens (tertiary/aromatic N) is 3. The number of amides is 3. The Morgan fingerprint density at radius 3 is 2.61 bits per heavy atom. The van der Waals surface area contributed by atoms with Crippen molar-refractivity contribution >= 4 is 23.4 Å². The lowest BCUT2D eigenvalue weighted by molar-refractivity contribution is -0.129. The maximum Gasteiger partial charge on any atom is 0.268 e. The Balaban J connectivity index is 1.42. The van der Waals surface area contributed by atoms with Gasteiger partial charge >= 0.3 is 0 Å². The molecule has 8 nitrogen and oxygen atoms in total. The highest BCUT2D eigenvalue weighted by Gasteiger charge is 2.38. The first-order chi connectivity index (χ1) is 17.2. The first-order valence-corrected chi connectivity index (χ1v) is 12.5. The lowest BCUT2D eigenvalue weighted by Gasteiger charge is -2.23. The minimum absolute atomic E-state index is 0.0196. The molecule has 1 saturated carbocycles. The highest BCUT2D eigenvalue weighted by molar-refractivity contribution is 6.04. The Labute approximate surface area is 212 Å². The first kappa shape index (κ1) is 25.5. The molecule has 2 fully saturated rings. The number of rotatable bonds is 10. The highest BCUT2D eigenvalue weighted by Crippen LogP contribution is 2.36. The monoisotopic (exact) mass is 493 g/mol. The van der Waals surface area contributed by atoms with Gasteiger partial charge in [0.25, 0.3) is 11.8 Å². The average molecular weight is 494 g/mol. The SMILES string of the molecule is C=C/C(=C\C=C(/C)OCC1CC1)O[C@@H]1CCN(c2ccc3c(c2)C(=O)N(CC(=O)N(C)C)C3C)C1=O. The van der Waals surface area contributed by atoms with Crippen LogP contribution in [0, 0.1) is 5.92 Å². The molecule has 0 N–H and O–H groups in total. The maximum atomic E-state index is 13.2. The van der Waals surface area contributed by atoms with Crippen LogP contribution in [0.25, 0.3) is 0 Å². The average Bonchev–Trinajstić information content (AvgIpc) is 3.59. The molecule has 192 valence electrons. The third-order valence-corrected chi connectivity index (χ3v) is 6.92. The molecule has 1 aliphatic carbocycles. The van der Waals surface area contributed by atoms with Gasteiger partial charge in [0.1, 0.15) is 12.3 Å². The third-order valence-electron chi connectivity index (χ3n) is 6.92. The Morgan fingerprint density at radius 2 is 1.94 bits per heavy atom. The molecule has 0 radical (unpaired) electrons. The first-order valence-electron chi connectivity index (χ1n) is 12.5. The van der Waals surface area contributed by atoms with Gasteiger partial charge < -0.3 is 24.2 Å². The van der Waals surface area contributed by atoms with Crippen molar-refractivity contribution < 1.29 is 23.9 Å². The van der Waals surface area contributed by atoms with Gasteiger partial charge in [-0.05, 0) is 68.5 Å². The number of hydrogen-bond acceptors (Lipinski definition) is 5. The van der Waals surface area contributed by atoms with Crippen molar-refractivity contribution in [1.29, 1.82) is 0 Å². The molecule has 1 aromatic carbocycles. The molecule has 3 aliphatic rings. The molecule has 2 heterocycles. The van der Waals surface area contributed by atoms with Gasteiger partial charge in [-0.25, -0.2) is 0 Å². The number of carbonyl (C=O) groups excluding carboxylic acids is 3. The van der Waals surface area contributed by atoms with Crippen LogP contribution in [0.4, 0.5) is 5.69 Å². The number of benzene rings is 1. The van der Waals surface area contributed by atoms with Gasteiger partial charge in [-0.1, -0.05) is 12.6 Å². The van der Waals surface area contributed by atoms with Crippen LogP contribution in [0.15, 0.2) is 54.5 Å². The van der Waals surface area contributed by atoms with E-state index in [9.17, 15) is 14.4 Å². The lowest BCUT2D eigenvalue weighted by Crippen LogP contribution is -2.38. The Kier molecular flexibility index (Phi) is 7.52. The Morgan fingerprint density at radius 1 is 1.19 bits per heavy atom. The number of hydrogen-bond donors (Lipinski definition) is 0. The van der Waals surface area contributed by atoms with Crippen molar-refractivity contribution in [3.8, 4) is 0 Å². The molecule has 1 unspecified atom stereocenters. The Hall–Kier alpha value is -3.55. The van der Waals surface area contributed by atoms with E-state index in [1.165, 1.54) is 17.7 Å². The predicted octanol–water partition coefficient (Wildman–Crippen LogP) is 3.81. The van der Waals surface area contributed by atoms with Gasteiger partial charge in [-0.3, -0.25) is 14.4 Å². The number of fused-ring (bicyclic) bond motifs is 1. The molecular formula is C28H35N3O5. The van der Waals surface area contributed by atoms with Gasteiger partial charge in [0.05, 0.1) is 18.4 Å². The molecular weight excluding hydrogens is 458 g/mol. The van der Waals surface area contributed by atoms with E-state index in [1.807, 2.05) is 32.1 Å². The summed E-state index contributed by atoms with van der Waals surface area (Å²) in [5.74, 6) is 1.48. The van der Waals surface area contributed by atoms with Crippen molar-refractivity contribution in [2.45, 2.75) is 45.3 Å². The summed E-state index contributed by atoms with van der Waals surface area (Å²) in [7, 11) is 3.34. The fraction of sp³-hybridized carbons (Fsp3) is 0.464. The maximum absolute atomic E-state index is 13.2. The van der Waals surface area contributed by atoms with Gasteiger partial charge in [0.15, 0.2) is 6.10 Å². The van der Waals surface area contributed by atoms with E-state index in [0.717, 1.165) is 17.9 Å². The predicted molar refractivity (Wildman–Crippen MR) is 137 cm³/mol. The van der Waals surface area contributed by atoms with E-state index in [2.05, 4.69) is 6.58 Å². The van der Waals surface area contributed by atoms with Crippen LogP contribution in [0.3, 0.4) is 0 Å². The van der Waals surface area contributed by atoms with E-state index >= 15 is 0 Å². The van der Waals surface area contributed by atoms with Gasteiger partial charge in [0.2, 0.25) is 5.91 Å². The minimum Gasteiger partial charge on any atom is -0.498 e. The van der Waals surface area contributed by atoms with Crippen molar-refractivity contribution in [2.75, 3.05) is 38.7 Å². The molecule has 3 amide bonds. The highest BCUT2D eigenvalue weighted by atomic mass is 16.5. The molecule has 0 bridgehead atoms. The smallest absolute Gasteiger partial charge is 0.268 e. The number of ether oxygens (including phenoxy) is 2. The number of likely N-dealkylation sites (N-methyl/N-ethyl adjacent to an activating group) is 1. The molecule has 1 aromatic rings. The second kappa shape index (κ2) is 10.6. The second-order valence-electron chi connectivity index (χ2n) is 9.86. The normalized spacial score (nSPS) is 22.1. The van der Waals surface area contributed by atoms with Crippen LogP contribution in [-0.4, -0.2) is 67.4 Å². The molecule has 2 aliphatic heterocycles. The van der Waals surface area contributed by atoms with Crippen LogP contribution in [-0.2, 0) is 19.1 Å². The van der Waals surface area contributed by atoms with E-state index in [0.29, 0.717) is 35.9 Å². The number of carbonyl (C=O) groups is 3. The van der Waals surface area contributed by atoms with E-state index in [1.54, 1.807) is 42.1 Å². The van der Waals surface area contributed by atoms with Crippen LogP contribution >= 0.6 is 0 Å². The van der Waals surface area contributed by atoms with Crippen molar-refractivity contribution in [3.05, 3.63) is 65.7 Å². The lowest BCUT2D eigenvalue weighted by atomic mass is 10.0. The zero-order chi connectivity index (χ0) is 26.0. The summed E-state index contributed by atoms with van der Waals surface area (Å²) in [6.45, 7) is 8.85. The quantitative estimate of drug-likeness (QED) is 0.366. The van der Waals surface area contributed by atoms with Crippen LogP contribution in [0.2, 0.25) is 0 Å². The summed E-state index contributed by atoms with van der Waals surface area (Å²) >= 11 is 0. The van der Waals surface area contributed by atoms with Crippen LogP contribution in [0.5, 0.6) is 0 Å². The van der Waals surface area contributed by atoms with Gasteiger partial charge in [-0.15, -0.1) is 0 Å². The van der Waals surface area contributed by atoms with Crippen molar-refractivity contribution in [1.82, 2.24) is 9.80 Å². The van der Waals surface area contributed by atoms with E-state index in [4.69, 9.17) is 9.47 Å². The Bertz CT molecular complexity index is 1120. The topological polar surface area (TPSA) is 79.4 Å². The molecule has 0 aromatic heterocycles. The summed E-state index contributed by atoms with van der Waals surface area (Å²) in [6, 6.07) is 5.27.